The van der Waals surface area contributed by atoms with Gasteiger partial charge in [-0.25, -0.2) is 9.18 Å². The summed E-state index contributed by atoms with van der Waals surface area (Å²) in [5, 5.41) is 5.46. The molecule has 1 saturated heterocycles. The standard InChI is InChI=1S/C22H24FN3O3/c1-3-22(17-9-11-18(23)12-10-17)20(28)26(21(29)25-22)14-19(27)24-13-15(2)16-7-5-4-6-8-16/h4-12,15H,3,13-14H2,1-2H3,(H,24,27)(H,25,29)/t15-,22+/m0/s1. The zero-order valence-electron chi connectivity index (χ0n) is 16.4. The lowest BCUT2D eigenvalue weighted by Crippen LogP contribution is -2.45. The molecule has 1 aliphatic heterocycles. The minimum atomic E-state index is -1.29. The second-order valence-corrected chi connectivity index (χ2v) is 7.20. The molecule has 1 fully saturated rings. The lowest BCUT2D eigenvalue weighted by molar-refractivity contribution is -0.135. The van der Waals surface area contributed by atoms with Gasteiger partial charge in [-0.1, -0.05) is 56.3 Å². The van der Waals surface area contributed by atoms with Crippen LogP contribution in [-0.2, 0) is 15.1 Å². The SMILES string of the molecule is CC[C@]1(c2ccc(F)cc2)NC(=O)N(CC(=O)NC[C@H](C)c2ccccc2)C1=O. The lowest BCUT2D eigenvalue weighted by Gasteiger charge is -2.25. The van der Waals surface area contributed by atoms with Gasteiger partial charge in [0.05, 0.1) is 0 Å². The minimum absolute atomic E-state index is 0.0946. The van der Waals surface area contributed by atoms with E-state index in [9.17, 15) is 18.8 Å². The number of amides is 4. The number of urea groups is 1. The van der Waals surface area contributed by atoms with Crippen LogP contribution in [0.4, 0.5) is 9.18 Å². The Bertz CT molecular complexity index is 901. The molecule has 2 atom stereocenters. The molecule has 6 nitrogen and oxygen atoms in total. The molecule has 1 aliphatic rings. The van der Waals surface area contributed by atoms with Crippen LogP contribution in [0.2, 0.25) is 0 Å². The van der Waals surface area contributed by atoms with Crippen LogP contribution >= 0.6 is 0 Å². The molecule has 1 heterocycles. The van der Waals surface area contributed by atoms with Crippen LogP contribution in [0.15, 0.2) is 54.6 Å². The topological polar surface area (TPSA) is 78.5 Å². The number of nitrogens with zero attached hydrogens (tertiary/aromatic N) is 1. The van der Waals surface area contributed by atoms with Crippen molar-refractivity contribution in [1.29, 1.82) is 0 Å². The summed E-state index contributed by atoms with van der Waals surface area (Å²) in [6.45, 7) is 3.77. The van der Waals surface area contributed by atoms with E-state index in [2.05, 4.69) is 10.6 Å². The van der Waals surface area contributed by atoms with Crippen molar-refractivity contribution in [1.82, 2.24) is 15.5 Å². The smallest absolute Gasteiger partial charge is 0.325 e. The highest BCUT2D eigenvalue weighted by Gasteiger charge is 2.51. The summed E-state index contributed by atoms with van der Waals surface area (Å²) >= 11 is 0. The van der Waals surface area contributed by atoms with Crippen molar-refractivity contribution in [2.75, 3.05) is 13.1 Å². The molecule has 0 spiro atoms. The van der Waals surface area contributed by atoms with Crippen molar-refractivity contribution in [3.05, 3.63) is 71.5 Å². The molecule has 0 unspecified atom stereocenters. The minimum Gasteiger partial charge on any atom is -0.354 e. The normalized spacial score (nSPS) is 19.8. The van der Waals surface area contributed by atoms with Gasteiger partial charge in [0.1, 0.15) is 17.9 Å². The zero-order valence-corrected chi connectivity index (χ0v) is 16.4. The number of carbonyl (C=O) groups excluding carboxylic acids is 3. The first kappa shape index (κ1) is 20.5. The van der Waals surface area contributed by atoms with Gasteiger partial charge < -0.3 is 10.6 Å². The maximum absolute atomic E-state index is 13.3. The first-order valence-electron chi connectivity index (χ1n) is 9.59. The molecule has 2 N–H and O–H groups in total. The second kappa shape index (κ2) is 8.43. The molecular formula is C22H24FN3O3. The lowest BCUT2D eigenvalue weighted by atomic mass is 9.87. The highest BCUT2D eigenvalue weighted by Crippen LogP contribution is 2.32. The van der Waals surface area contributed by atoms with E-state index in [1.54, 1.807) is 6.92 Å². The first-order valence-corrected chi connectivity index (χ1v) is 9.59. The molecule has 0 aliphatic carbocycles. The van der Waals surface area contributed by atoms with E-state index in [0.29, 0.717) is 12.1 Å². The predicted octanol–water partition coefficient (Wildman–Crippen LogP) is 2.90. The van der Waals surface area contributed by atoms with E-state index >= 15 is 0 Å². The molecule has 4 amide bonds. The second-order valence-electron chi connectivity index (χ2n) is 7.20. The molecule has 2 aromatic rings. The number of carbonyl (C=O) groups is 3. The Morgan fingerprint density at radius 1 is 1.14 bits per heavy atom. The summed E-state index contributed by atoms with van der Waals surface area (Å²) in [6.07, 6.45) is 0.284. The Kier molecular flexibility index (Phi) is 5.96. The molecule has 2 aromatic carbocycles. The predicted molar refractivity (Wildman–Crippen MR) is 106 cm³/mol. The molecule has 152 valence electrons. The molecule has 0 radical (unpaired) electrons. The third-order valence-corrected chi connectivity index (χ3v) is 5.32. The Morgan fingerprint density at radius 2 is 1.79 bits per heavy atom. The molecule has 0 bridgehead atoms. The molecule has 0 aromatic heterocycles. The van der Waals surface area contributed by atoms with Gasteiger partial charge in [0.25, 0.3) is 5.91 Å². The Labute approximate surface area is 169 Å². The third kappa shape index (κ3) is 4.13. The van der Waals surface area contributed by atoms with Crippen molar-refractivity contribution < 1.29 is 18.8 Å². The number of imide groups is 1. The van der Waals surface area contributed by atoms with Crippen molar-refractivity contribution in [3.63, 3.8) is 0 Å². The average molecular weight is 397 g/mol. The summed E-state index contributed by atoms with van der Waals surface area (Å²) in [5.74, 6) is -1.26. The van der Waals surface area contributed by atoms with Gasteiger partial charge in [0.2, 0.25) is 5.91 Å². The van der Waals surface area contributed by atoms with Crippen molar-refractivity contribution in [3.8, 4) is 0 Å². The highest BCUT2D eigenvalue weighted by molar-refractivity contribution is 6.09. The van der Waals surface area contributed by atoms with Gasteiger partial charge in [-0.3, -0.25) is 14.5 Å². The van der Waals surface area contributed by atoms with E-state index < -0.39 is 29.2 Å². The molecule has 29 heavy (non-hydrogen) atoms. The van der Waals surface area contributed by atoms with Gasteiger partial charge in [-0.15, -0.1) is 0 Å². The van der Waals surface area contributed by atoms with E-state index in [4.69, 9.17) is 0 Å². The van der Waals surface area contributed by atoms with Crippen molar-refractivity contribution >= 4 is 17.8 Å². The maximum atomic E-state index is 13.3. The van der Waals surface area contributed by atoms with Crippen LogP contribution in [0, 0.1) is 5.82 Å². The van der Waals surface area contributed by atoms with Gasteiger partial charge in [-0.2, -0.15) is 0 Å². The largest absolute Gasteiger partial charge is 0.354 e. The molecule has 0 saturated carbocycles. The summed E-state index contributed by atoms with van der Waals surface area (Å²) in [4.78, 5) is 38.7. The number of nitrogens with one attached hydrogen (secondary N) is 2. The molecule has 7 heteroatoms. The Balaban J connectivity index is 1.66. The average Bonchev–Trinajstić information content (AvgIpc) is 2.98. The summed E-state index contributed by atoms with van der Waals surface area (Å²) in [6, 6.07) is 14.5. The molecular weight excluding hydrogens is 373 g/mol. The van der Waals surface area contributed by atoms with E-state index in [1.807, 2.05) is 37.3 Å². The highest BCUT2D eigenvalue weighted by atomic mass is 19.1. The fourth-order valence-corrected chi connectivity index (χ4v) is 3.51. The fraction of sp³-hybridized carbons (Fsp3) is 0.318. The van der Waals surface area contributed by atoms with Gasteiger partial charge >= 0.3 is 6.03 Å². The first-order chi connectivity index (χ1) is 13.9. The Morgan fingerprint density at radius 3 is 2.41 bits per heavy atom. The van der Waals surface area contributed by atoms with Crippen LogP contribution < -0.4 is 10.6 Å². The summed E-state index contributed by atoms with van der Waals surface area (Å²) in [5.41, 5.74) is 0.284. The van der Waals surface area contributed by atoms with Gasteiger partial charge in [-0.05, 0) is 35.6 Å². The summed E-state index contributed by atoms with van der Waals surface area (Å²) in [7, 11) is 0. The van der Waals surface area contributed by atoms with Gasteiger partial charge in [0, 0.05) is 6.54 Å². The number of halogens is 1. The van der Waals surface area contributed by atoms with Crippen molar-refractivity contribution in [2.45, 2.75) is 31.7 Å². The maximum Gasteiger partial charge on any atom is 0.325 e. The van der Waals surface area contributed by atoms with E-state index in [0.717, 1.165) is 10.5 Å². The summed E-state index contributed by atoms with van der Waals surface area (Å²) < 4.78 is 13.3. The van der Waals surface area contributed by atoms with E-state index in [1.165, 1.54) is 24.3 Å². The van der Waals surface area contributed by atoms with Crippen LogP contribution in [-0.4, -0.2) is 35.8 Å². The van der Waals surface area contributed by atoms with Crippen LogP contribution in [0.5, 0.6) is 0 Å². The zero-order chi connectivity index (χ0) is 21.0. The van der Waals surface area contributed by atoms with Crippen LogP contribution in [0.25, 0.3) is 0 Å². The quantitative estimate of drug-likeness (QED) is 0.705. The Hall–Kier alpha value is -3.22. The number of benzene rings is 2. The third-order valence-electron chi connectivity index (χ3n) is 5.32. The monoisotopic (exact) mass is 397 g/mol. The van der Waals surface area contributed by atoms with Crippen LogP contribution in [0.1, 0.15) is 37.3 Å². The van der Waals surface area contributed by atoms with Crippen molar-refractivity contribution in [2.24, 2.45) is 0 Å². The number of hydrogen-bond donors (Lipinski definition) is 2. The fourth-order valence-electron chi connectivity index (χ4n) is 3.51. The number of rotatable bonds is 7. The van der Waals surface area contributed by atoms with E-state index in [-0.39, 0.29) is 18.9 Å². The number of hydrogen-bond acceptors (Lipinski definition) is 3. The van der Waals surface area contributed by atoms with Crippen LogP contribution in [0.3, 0.4) is 0 Å². The molecule has 3 rings (SSSR count). The van der Waals surface area contributed by atoms with Gasteiger partial charge in [0.15, 0.2) is 0 Å².